The second-order valence-corrected chi connectivity index (χ2v) is 7.57. The minimum absolute atomic E-state index is 0.121. The monoisotopic (exact) mass is 414 g/mol. The van der Waals surface area contributed by atoms with E-state index in [9.17, 15) is 9.59 Å². The number of aromatic nitrogens is 1. The Morgan fingerprint density at radius 3 is 2.64 bits per heavy atom. The van der Waals surface area contributed by atoms with E-state index in [0.29, 0.717) is 27.2 Å². The van der Waals surface area contributed by atoms with Crippen LogP contribution < -0.4 is 9.64 Å². The number of anilines is 2. The van der Waals surface area contributed by atoms with Crippen LogP contribution in [0.15, 0.2) is 47.8 Å². The normalized spacial score (nSPS) is 10.6. The second-order valence-electron chi connectivity index (χ2n) is 6.30. The maximum absolute atomic E-state index is 12.2. The van der Waals surface area contributed by atoms with Crippen LogP contribution in [0.3, 0.4) is 0 Å². The fourth-order valence-corrected chi connectivity index (χ4v) is 3.76. The number of nitrogens with zero attached hydrogens (tertiary/aromatic N) is 2. The Balaban J connectivity index is 1.80. The van der Waals surface area contributed by atoms with Crippen LogP contribution in [-0.2, 0) is 11.4 Å². The molecule has 0 fully saturated rings. The summed E-state index contributed by atoms with van der Waals surface area (Å²) in [5.74, 6) is 0.205. The Kier molecular flexibility index (Phi) is 6.11. The van der Waals surface area contributed by atoms with Crippen LogP contribution in [0.5, 0.6) is 5.75 Å². The minimum atomic E-state index is -0.126. The molecule has 0 aliphatic heterocycles. The van der Waals surface area contributed by atoms with Crippen molar-refractivity contribution in [1.82, 2.24) is 4.98 Å². The van der Waals surface area contributed by atoms with Gasteiger partial charge in [-0.05, 0) is 49.7 Å². The number of carbonyl (C=O) groups is 2. The lowest BCUT2D eigenvalue weighted by molar-refractivity contribution is -0.115. The van der Waals surface area contributed by atoms with Gasteiger partial charge in [0.2, 0.25) is 5.91 Å². The van der Waals surface area contributed by atoms with E-state index in [-0.39, 0.29) is 18.3 Å². The van der Waals surface area contributed by atoms with Crippen molar-refractivity contribution in [3.05, 3.63) is 69.7 Å². The van der Waals surface area contributed by atoms with Crippen molar-refractivity contribution in [3.8, 4) is 5.75 Å². The van der Waals surface area contributed by atoms with Crippen molar-refractivity contribution in [2.75, 3.05) is 4.90 Å². The highest BCUT2D eigenvalue weighted by Gasteiger charge is 2.18. The molecule has 28 heavy (non-hydrogen) atoms. The number of aryl methyl sites for hydroxylation is 1. The number of Topliss-reactive ketones (excluding diaryl/α,β-unsaturated/α-hetero) is 1. The maximum Gasteiger partial charge on any atom is 0.230 e. The average molecular weight is 415 g/mol. The zero-order valence-electron chi connectivity index (χ0n) is 15.7. The number of rotatable bonds is 6. The predicted molar refractivity (Wildman–Crippen MR) is 112 cm³/mol. The minimum Gasteiger partial charge on any atom is -0.487 e. The number of hydrogen-bond acceptors (Lipinski definition) is 5. The van der Waals surface area contributed by atoms with E-state index in [1.54, 1.807) is 23.1 Å². The smallest absolute Gasteiger partial charge is 0.230 e. The van der Waals surface area contributed by atoms with Crippen molar-refractivity contribution < 1.29 is 14.3 Å². The quantitative estimate of drug-likeness (QED) is 0.494. The summed E-state index contributed by atoms with van der Waals surface area (Å²) in [4.78, 5) is 30.1. The molecular weight excluding hydrogens is 396 g/mol. The van der Waals surface area contributed by atoms with Gasteiger partial charge >= 0.3 is 0 Å². The summed E-state index contributed by atoms with van der Waals surface area (Å²) in [6.45, 7) is 5.12. The highest BCUT2D eigenvalue weighted by molar-refractivity contribution is 7.14. The highest BCUT2D eigenvalue weighted by atomic mass is 35.5. The lowest BCUT2D eigenvalue weighted by atomic mass is 10.1. The lowest BCUT2D eigenvalue weighted by Crippen LogP contribution is -2.22. The first-order chi connectivity index (χ1) is 13.3. The largest absolute Gasteiger partial charge is 0.487 e. The molecule has 0 saturated heterocycles. The molecule has 1 aromatic heterocycles. The zero-order chi connectivity index (χ0) is 20.3. The molecule has 144 valence electrons. The van der Waals surface area contributed by atoms with Crippen LogP contribution in [-0.4, -0.2) is 16.7 Å². The van der Waals surface area contributed by atoms with Gasteiger partial charge in [-0.15, -0.1) is 11.3 Å². The summed E-state index contributed by atoms with van der Waals surface area (Å²) >= 11 is 7.32. The standard InChI is InChI=1S/C21H19ClN2O3S/c1-13-5-4-6-18(9-13)24(15(3)26)21-23-17(12-28-21)11-27-20-8-7-16(22)10-19(20)14(2)25/h4-10,12H,11H2,1-3H3. The van der Waals surface area contributed by atoms with Gasteiger partial charge < -0.3 is 4.74 Å². The first-order valence-corrected chi connectivity index (χ1v) is 9.86. The van der Waals surface area contributed by atoms with E-state index in [4.69, 9.17) is 16.3 Å². The van der Waals surface area contributed by atoms with Crippen molar-refractivity contribution in [3.63, 3.8) is 0 Å². The van der Waals surface area contributed by atoms with Crippen molar-refractivity contribution in [2.45, 2.75) is 27.4 Å². The highest BCUT2D eigenvalue weighted by Crippen LogP contribution is 2.30. The third kappa shape index (κ3) is 4.58. The molecule has 0 atom stereocenters. The Bertz CT molecular complexity index is 1030. The number of ketones is 1. The molecule has 0 aliphatic carbocycles. The van der Waals surface area contributed by atoms with Gasteiger partial charge in [-0.1, -0.05) is 23.7 Å². The van der Waals surface area contributed by atoms with Gasteiger partial charge in [-0.3, -0.25) is 14.5 Å². The molecule has 1 amide bonds. The molecule has 3 aromatic rings. The Hall–Kier alpha value is -2.70. The van der Waals surface area contributed by atoms with Crippen LogP contribution in [0.25, 0.3) is 0 Å². The number of carbonyl (C=O) groups excluding carboxylic acids is 2. The van der Waals surface area contributed by atoms with E-state index < -0.39 is 0 Å². The third-order valence-electron chi connectivity index (χ3n) is 4.00. The second kappa shape index (κ2) is 8.54. The van der Waals surface area contributed by atoms with Crippen LogP contribution in [0.4, 0.5) is 10.8 Å². The summed E-state index contributed by atoms with van der Waals surface area (Å²) in [6, 6.07) is 12.6. The van der Waals surface area contributed by atoms with Crippen molar-refractivity contribution in [2.24, 2.45) is 0 Å². The van der Waals surface area contributed by atoms with Gasteiger partial charge in [0.15, 0.2) is 10.9 Å². The number of benzene rings is 2. The SMILES string of the molecule is CC(=O)c1cc(Cl)ccc1OCc1csc(N(C(C)=O)c2cccc(C)c2)n1. The van der Waals surface area contributed by atoms with Gasteiger partial charge in [-0.25, -0.2) is 4.98 Å². The summed E-state index contributed by atoms with van der Waals surface area (Å²) in [7, 11) is 0. The molecule has 0 bridgehead atoms. The first kappa shape index (κ1) is 20.0. The topological polar surface area (TPSA) is 59.5 Å². The summed E-state index contributed by atoms with van der Waals surface area (Å²) < 4.78 is 5.78. The van der Waals surface area contributed by atoms with Crippen molar-refractivity contribution in [1.29, 1.82) is 0 Å². The lowest BCUT2D eigenvalue weighted by Gasteiger charge is -2.18. The molecule has 5 nitrogen and oxygen atoms in total. The van der Waals surface area contributed by atoms with E-state index in [0.717, 1.165) is 11.3 Å². The molecule has 0 unspecified atom stereocenters. The Labute approximate surface area is 172 Å². The fourth-order valence-electron chi connectivity index (χ4n) is 2.71. The third-order valence-corrected chi connectivity index (χ3v) is 5.11. The van der Waals surface area contributed by atoms with Crippen LogP contribution >= 0.6 is 22.9 Å². The molecule has 0 radical (unpaired) electrons. The molecule has 0 saturated carbocycles. The number of halogens is 1. The van der Waals surface area contributed by atoms with Crippen LogP contribution in [0.1, 0.15) is 35.5 Å². The number of thiazole rings is 1. The maximum atomic E-state index is 12.2. The van der Waals surface area contributed by atoms with Gasteiger partial charge in [0.25, 0.3) is 0 Å². The predicted octanol–water partition coefficient (Wildman–Crippen LogP) is 5.57. The molecule has 0 spiro atoms. The Morgan fingerprint density at radius 2 is 1.96 bits per heavy atom. The average Bonchev–Trinajstić information content (AvgIpc) is 3.08. The Morgan fingerprint density at radius 1 is 1.18 bits per heavy atom. The summed E-state index contributed by atoms with van der Waals surface area (Å²) in [6.07, 6.45) is 0. The molecule has 7 heteroatoms. The molecule has 0 aliphatic rings. The van der Waals surface area contributed by atoms with Gasteiger partial charge in [0, 0.05) is 17.3 Å². The van der Waals surface area contributed by atoms with E-state index in [1.165, 1.54) is 25.2 Å². The molecule has 1 heterocycles. The van der Waals surface area contributed by atoms with Crippen LogP contribution in [0.2, 0.25) is 5.02 Å². The molecular formula is C21H19ClN2O3S. The number of hydrogen-bond donors (Lipinski definition) is 0. The van der Waals surface area contributed by atoms with Gasteiger partial charge in [0.1, 0.15) is 12.4 Å². The molecule has 2 aromatic carbocycles. The van der Waals surface area contributed by atoms with E-state index in [2.05, 4.69) is 4.98 Å². The summed E-state index contributed by atoms with van der Waals surface area (Å²) in [5.41, 5.74) is 2.92. The fraction of sp³-hybridized carbons (Fsp3) is 0.190. The number of amides is 1. The summed E-state index contributed by atoms with van der Waals surface area (Å²) in [5, 5.41) is 2.88. The first-order valence-electron chi connectivity index (χ1n) is 8.60. The van der Waals surface area contributed by atoms with Gasteiger partial charge in [0.05, 0.1) is 16.9 Å². The van der Waals surface area contributed by atoms with Crippen LogP contribution in [0, 0.1) is 6.92 Å². The van der Waals surface area contributed by atoms with Crippen molar-refractivity contribution >= 4 is 45.4 Å². The van der Waals surface area contributed by atoms with Gasteiger partial charge in [-0.2, -0.15) is 0 Å². The molecule has 0 N–H and O–H groups in total. The van der Waals surface area contributed by atoms with E-state index >= 15 is 0 Å². The van der Waals surface area contributed by atoms with E-state index in [1.807, 2.05) is 36.6 Å². The molecule has 3 rings (SSSR count). The zero-order valence-corrected chi connectivity index (χ0v) is 17.3. The number of ether oxygens (including phenoxy) is 1.